The summed E-state index contributed by atoms with van der Waals surface area (Å²) in [7, 11) is 0. The smallest absolute Gasteiger partial charge is 0.121 e. The van der Waals surface area contributed by atoms with Gasteiger partial charge < -0.3 is 29.2 Å². The summed E-state index contributed by atoms with van der Waals surface area (Å²) in [6, 6.07) is 117. The van der Waals surface area contributed by atoms with Crippen molar-refractivity contribution in [2.24, 2.45) is 0 Å². The van der Waals surface area contributed by atoms with E-state index in [9.17, 15) is 0 Å². The standard InChI is InChI=1S/C97H97N5OS/c1-8-12-29-75-63-76(30-13-9-2)65-95(64-75)101(88-40-25-33-80(68-88)79-32-24-39-87(67-79)100(86-38-22-28-73(6)60-86)85-54-56-97(57-55-85)104-59-15-11-4)84-52-48-77(49-53-84)78-31-23-41-89(66-78)102(94-61-74(7)62-96(71-94)103-58-14-10-3)93-45-27-44-92(70-93)99(82-36-20-17-21-37-82)91-43-26-42-90(69-91)98(81-34-18-16-19-35-81)83-50-46-72(5)47-51-83/h16-28,31-57,60-71H,8-15,29-30,58-59H2,1-7H3. The van der Waals surface area contributed by atoms with E-state index in [1.807, 2.05) is 11.8 Å². The SMILES string of the molecule is CCCCOc1cc(C)cc(N(c2cccc(-c3ccc(N(c4cc(CCCC)cc(CCCC)c4)c4cccc(-c5cccc(N(c6ccc(SCCCC)cc6)c6cccc(C)c6)c5)c4)cc3)c2)c2cccc(N(c3ccccc3)c3cccc(N(c4ccccc4)c4ccc(C)cc4)c3)c2)c1. The maximum Gasteiger partial charge on any atom is 0.121 e. The average molecular weight is 1380 g/mol. The Labute approximate surface area is 623 Å². The van der Waals surface area contributed by atoms with Crippen LogP contribution in [-0.4, -0.2) is 12.4 Å². The van der Waals surface area contributed by atoms with Crippen LogP contribution in [0.25, 0.3) is 22.3 Å². The van der Waals surface area contributed by atoms with Crippen molar-refractivity contribution in [2.75, 3.05) is 36.9 Å². The third kappa shape index (κ3) is 17.5. The molecular weight excluding hydrogens is 1280 g/mol. The van der Waals surface area contributed by atoms with Gasteiger partial charge >= 0.3 is 0 Å². The van der Waals surface area contributed by atoms with Gasteiger partial charge in [-0.1, -0.05) is 186 Å². The van der Waals surface area contributed by atoms with Crippen molar-refractivity contribution in [1.82, 2.24) is 0 Å². The van der Waals surface area contributed by atoms with Crippen molar-refractivity contribution in [3.8, 4) is 28.0 Å². The van der Waals surface area contributed by atoms with Crippen LogP contribution in [0.1, 0.15) is 107 Å². The van der Waals surface area contributed by atoms with Crippen molar-refractivity contribution < 1.29 is 4.74 Å². The predicted octanol–water partition coefficient (Wildman–Crippen LogP) is 29.1. The largest absolute Gasteiger partial charge is 0.494 e. The zero-order valence-corrected chi connectivity index (χ0v) is 62.4. The Kier molecular flexibility index (Phi) is 23.9. The molecule has 0 N–H and O–H groups in total. The van der Waals surface area contributed by atoms with E-state index in [4.69, 9.17) is 4.74 Å². The summed E-state index contributed by atoms with van der Waals surface area (Å²) in [4.78, 5) is 13.3. The molecule has 0 amide bonds. The first kappa shape index (κ1) is 71.4. The second kappa shape index (κ2) is 34.8. The first-order valence-electron chi connectivity index (χ1n) is 37.6. The summed E-state index contributed by atoms with van der Waals surface area (Å²) in [6.07, 6.45) is 11.1. The van der Waals surface area contributed by atoms with Crippen LogP contribution < -0.4 is 29.2 Å². The van der Waals surface area contributed by atoms with Crippen molar-refractivity contribution in [3.63, 3.8) is 0 Å². The number of nitrogens with zero attached hydrogens (tertiary/aromatic N) is 5. The van der Waals surface area contributed by atoms with Gasteiger partial charge in [-0.15, -0.1) is 11.8 Å². The molecule has 104 heavy (non-hydrogen) atoms. The molecule has 0 fully saturated rings. The van der Waals surface area contributed by atoms with Crippen LogP contribution in [0.3, 0.4) is 0 Å². The monoisotopic (exact) mass is 1380 g/mol. The Bertz CT molecular complexity index is 4890. The van der Waals surface area contributed by atoms with Gasteiger partial charge in [-0.25, -0.2) is 0 Å². The van der Waals surface area contributed by atoms with Gasteiger partial charge in [0.1, 0.15) is 5.75 Å². The van der Waals surface area contributed by atoms with Gasteiger partial charge in [0, 0.05) is 90.6 Å². The van der Waals surface area contributed by atoms with Gasteiger partial charge in [0.2, 0.25) is 0 Å². The van der Waals surface area contributed by atoms with Crippen LogP contribution in [0.5, 0.6) is 5.75 Å². The summed E-state index contributed by atoms with van der Waals surface area (Å²) in [6.45, 7) is 16.2. The van der Waals surface area contributed by atoms with E-state index in [1.54, 1.807) is 0 Å². The maximum atomic E-state index is 6.55. The molecule has 0 aromatic heterocycles. The Morgan fingerprint density at radius 2 is 0.615 bits per heavy atom. The molecule has 0 heterocycles. The molecule has 0 saturated carbocycles. The third-order valence-corrected chi connectivity index (χ3v) is 20.3. The average Bonchev–Trinajstić information content (AvgIpc) is 0.784. The zero-order valence-electron chi connectivity index (χ0n) is 61.6. The zero-order chi connectivity index (χ0) is 71.6. The molecule has 522 valence electrons. The Balaban J connectivity index is 0.887. The lowest BCUT2D eigenvalue weighted by atomic mass is 9.99. The molecule has 0 spiro atoms. The summed E-state index contributed by atoms with van der Waals surface area (Å²) < 4.78 is 6.55. The molecule has 0 radical (unpaired) electrons. The van der Waals surface area contributed by atoms with E-state index in [1.165, 1.54) is 45.7 Å². The van der Waals surface area contributed by atoms with Crippen molar-refractivity contribution in [2.45, 2.75) is 118 Å². The van der Waals surface area contributed by atoms with E-state index in [-0.39, 0.29) is 0 Å². The number of hydrogen-bond acceptors (Lipinski definition) is 7. The van der Waals surface area contributed by atoms with Crippen LogP contribution in [-0.2, 0) is 12.8 Å². The number of unbranched alkanes of at least 4 members (excludes halogenated alkanes) is 4. The van der Waals surface area contributed by atoms with Crippen molar-refractivity contribution >= 4 is 97.1 Å². The lowest BCUT2D eigenvalue weighted by molar-refractivity contribution is 0.309. The first-order valence-corrected chi connectivity index (χ1v) is 38.5. The molecule has 0 saturated heterocycles. The van der Waals surface area contributed by atoms with E-state index in [2.05, 4.69) is 388 Å². The third-order valence-electron chi connectivity index (χ3n) is 19.2. The molecule has 0 unspecified atom stereocenters. The summed E-state index contributed by atoms with van der Waals surface area (Å²) in [5.41, 5.74) is 27.0. The van der Waals surface area contributed by atoms with Gasteiger partial charge in [-0.2, -0.15) is 0 Å². The molecule has 13 rings (SSSR count). The van der Waals surface area contributed by atoms with Crippen molar-refractivity contribution in [1.29, 1.82) is 0 Å². The van der Waals surface area contributed by atoms with Gasteiger partial charge in [0.25, 0.3) is 0 Å². The van der Waals surface area contributed by atoms with Gasteiger partial charge in [0.05, 0.1) is 12.3 Å². The number of thioether (sulfide) groups is 1. The van der Waals surface area contributed by atoms with Crippen LogP contribution >= 0.6 is 11.8 Å². The molecule has 7 heteroatoms. The summed E-state index contributed by atoms with van der Waals surface area (Å²) in [5, 5.41) is 0. The highest BCUT2D eigenvalue weighted by atomic mass is 32.2. The number of para-hydroxylation sites is 2. The van der Waals surface area contributed by atoms with E-state index in [0.29, 0.717) is 6.61 Å². The minimum atomic E-state index is 0.653. The number of aryl methyl sites for hydroxylation is 5. The van der Waals surface area contributed by atoms with E-state index < -0.39 is 0 Å². The molecular formula is C97H97N5OS. The number of benzene rings is 13. The van der Waals surface area contributed by atoms with Gasteiger partial charge in [0.15, 0.2) is 0 Å². The molecule has 0 aliphatic heterocycles. The summed E-state index contributed by atoms with van der Waals surface area (Å²) >= 11 is 1.94. The molecule has 0 atom stereocenters. The van der Waals surface area contributed by atoms with Crippen LogP contribution in [0.4, 0.5) is 85.3 Å². The van der Waals surface area contributed by atoms with E-state index >= 15 is 0 Å². The highest BCUT2D eigenvalue weighted by Gasteiger charge is 2.23. The fourth-order valence-corrected chi connectivity index (χ4v) is 14.9. The van der Waals surface area contributed by atoms with Gasteiger partial charge in [-0.3, -0.25) is 0 Å². The van der Waals surface area contributed by atoms with Crippen molar-refractivity contribution in [3.05, 3.63) is 343 Å². The Hall–Kier alpha value is -11.0. The molecule has 0 bridgehead atoms. The summed E-state index contributed by atoms with van der Waals surface area (Å²) in [5.74, 6) is 1.99. The first-order chi connectivity index (χ1) is 51.1. The Morgan fingerprint density at radius 3 is 1.10 bits per heavy atom. The lowest BCUT2D eigenvalue weighted by Crippen LogP contribution is -2.14. The second-order valence-corrected chi connectivity index (χ2v) is 28.5. The number of hydrogen-bond donors (Lipinski definition) is 0. The molecule has 6 nitrogen and oxygen atoms in total. The van der Waals surface area contributed by atoms with Gasteiger partial charge in [-0.05, 0) is 292 Å². The molecule has 0 aliphatic rings. The molecule has 0 aliphatic carbocycles. The number of anilines is 15. The van der Waals surface area contributed by atoms with Crippen LogP contribution in [0, 0.1) is 20.8 Å². The number of ether oxygens (including phenoxy) is 1. The number of rotatable bonds is 31. The van der Waals surface area contributed by atoms with Crippen LogP contribution in [0.2, 0.25) is 0 Å². The van der Waals surface area contributed by atoms with Crippen LogP contribution in [0.15, 0.2) is 320 Å². The normalized spacial score (nSPS) is 11.1. The fourth-order valence-electron chi connectivity index (χ4n) is 13.9. The highest BCUT2D eigenvalue weighted by molar-refractivity contribution is 7.99. The minimum Gasteiger partial charge on any atom is -0.494 e. The second-order valence-electron chi connectivity index (χ2n) is 27.4. The Morgan fingerprint density at radius 1 is 0.250 bits per heavy atom. The minimum absolute atomic E-state index is 0.653. The quantitative estimate of drug-likeness (QED) is 0.0315. The van der Waals surface area contributed by atoms with E-state index in [0.717, 1.165) is 170 Å². The molecule has 13 aromatic carbocycles. The highest BCUT2D eigenvalue weighted by Crippen LogP contribution is 2.47. The fraction of sp³-hybridized carbons (Fsp3) is 0.196. The molecule has 13 aromatic rings. The maximum absolute atomic E-state index is 6.55. The predicted molar refractivity (Wildman–Crippen MR) is 448 cm³/mol. The topological polar surface area (TPSA) is 25.4 Å². The lowest BCUT2D eigenvalue weighted by Gasteiger charge is -2.31.